The van der Waals surface area contributed by atoms with Crippen LogP contribution in [0, 0.1) is 6.92 Å². The number of aryl methyl sites for hydroxylation is 1. The summed E-state index contributed by atoms with van der Waals surface area (Å²) in [6.45, 7) is 2.08. The van der Waals surface area contributed by atoms with E-state index in [0.29, 0.717) is 0 Å². The molecular weight excluding hydrogens is 288 g/mol. The monoisotopic (exact) mass is 295 g/mol. The number of rotatable bonds is 0. The van der Waals surface area contributed by atoms with Crippen LogP contribution < -0.4 is 0 Å². The summed E-state index contributed by atoms with van der Waals surface area (Å²) >= 11 is 0. The fraction of sp³-hybridized carbons (Fsp3) is 0.143. The van der Waals surface area contributed by atoms with Crippen molar-refractivity contribution < 1.29 is 39.9 Å². The van der Waals surface area contributed by atoms with Crippen LogP contribution in [0.15, 0.2) is 30.3 Å². The van der Waals surface area contributed by atoms with Crippen molar-refractivity contribution >= 4 is 10.4 Å². The minimum Gasteiger partial charge on any atom is -0.759 e. The predicted molar refractivity (Wildman–Crippen MR) is 41.7 cm³/mol. The van der Waals surface area contributed by atoms with E-state index in [2.05, 4.69) is 19.1 Å². The molecule has 0 bridgehead atoms. The number of hydrogen-bond donors (Lipinski definition) is 0. The van der Waals surface area contributed by atoms with Gasteiger partial charge < -0.3 is 9.11 Å². The standard InChI is InChI=1S/C7H8.Ag.H2O4S/c1-7-5-3-2-4-6-7;;1-5(2,3)4/h2-6H,1H3;;(H2,1,2,3,4)/p-2. The van der Waals surface area contributed by atoms with Crippen molar-refractivity contribution in [3.8, 4) is 0 Å². The van der Waals surface area contributed by atoms with Gasteiger partial charge in [-0.05, 0) is 6.92 Å². The zero-order chi connectivity index (χ0) is 9.61. The third kappa shape index (κ3) is 18.6. The molecule has 0 atom stereocenters. The Morgan fingerprint density at radius 2 is 1.38 bits per heavy atom. The Balaban J connectivity index is 0. The minimum atomic E-state index is -5.17. The Morgan fingerprint density at radius 3 is 1.54 bits per heavy atom. The van der Waals surface area contributed by atoms with Crippen LogP contribution in [0.1, 0.15) is 5.56 Å². The Morgan fingerprint density at radius 1 is 1.08 bits per heavy atom. The summed E-state index contributed by atoms with van der Waals surface area (Å²) in [5.41, 5.74) is 1.32. The van der Waals surface area contributed by atoms with Crippen molar-refractivity contribution in [3.05, 3.63) is 35.9 Å². The van der Waals surface area contributed by atoms with Crippen LogP contribution in [-0.2, 0) is 32.8 Å². The van der Waals surface area contributed by atoms with Crippen molar-refractivity contribution in [2.75, 3.05) is 0 Å². The molecule has 0 spiro atoms. The van der Waals surface area contributed by atoms with E-state index in [0.717, 1.165) is 0 Å². The molecule has 0 heterocycles. The topological polar surface area (TPSA) is 80.3 Å². The van der Waals surface area contributed by atoms with E-state index in [-0.39, 0.29) is 22.4 Å². The molecule has 0 aliphatic heterocycles. The Labute approximate surface area is 93.1 Å². The number of hydrogen-bond acceptors (Lipinski definition) is 4. The zero-order valence-electron chi connectivity index (χ0n) is 6.73. The summed E-state index contributed by atoms with van der Waals surface area (Å²) < 4.78 is 34.1. The molecule has 13 heavy (non-hydrogen) atoms. The van der Waals surface area contributed by atoms with Gasteiger partial charge >= 0.3 is 0 Å². The van der Waals surface area contributed by atoms with Crippen molar-refractivity contribution in [2.24, 2.45) is 0 Å². The summed E-state index contributed by atoms with van der Waals surface area (Å²) in [7, 11) is -5.17. The second-order valence-electron chi connectivity index (χ2n) is 2.06. The van der Waals surface area contributed by atoms with E-state index in [1.54, 1.807) is 0 Å². The van der Waals surface area contributed by atoms with E-state index in [1.807, 2.05) is 18.2 Å². The largest absolute Gasteiger partial charge is 0.759 e. The van der Waals surface area contributed by atoms with E-state index < -0.39 is 10.4 Å². The van der Waals surface area contributed by atoms with Gasteiger partial charge in [0.15, 0.2) is 0 Å². The molecule has 1 aromatic rings. The first-order valence-electron chi connectivity index (χ1n) is 3.08. The van der Waals surface area contributed by atoms with Crippen molar-refractivity contribution in [1.29, 1.82) is 0 Å². The fourth-order valence-electron chi connectivity index (χ4n) is 0.534. The van der Waals surface area contributed by atoms with Crippen molar-refractivity contribution in [3.63, 3.8) is 0 Å². The summed E-state index contributed by atoms with van der Waals surface area (Å²) in [4.78, 5) is 0. The SMILES string of the molecule is Cc1ccccc1.O=S(=O)([O-])[O-].[Ag]. The van der Waals surface area contributed by atoms with E-state index in [1.165, 1.54) is 5.56 Å². The maximum atomic E-state index is 8.52. The smallest absolute Gasteiger partial charge is 0.0311 e. The summed E-state index contributed by atoms with van der Waals surface area (Å²) in [6.07, 6.45) is 0. The van der Waals surface area contributed by atoms with Crippen LogP contribution in [0.5, 0.6) is 0 Å². The quantitative estimate of drug-likeness (QED) is 0.400. The third-order valence-electron chi connectivity index (χ3n) is 0.940. The molecule has 0 aromatic heterocycles. The Hall–Kier alpha value is -0.170. The Kier molecular flexibility index (Phi) is 8.54. The third-order valence-corrected chi connectivity index (χ3v) is 0.940. The molecule has 4 nitrogen and oxygen atoms in total. The maximum absolute atomic E-state index is 8.52. The van der Waals surface area contributed by atoms with Crippen LogP contribution >= 0.6 is 0 Å². The fourth-order valence-corrected chi connectivity index (χ4v) is 0.534. The second-order valence-corrected chi connectivity index (χ2v) is 2.88. The second kappa shape index (κ2) is 7.25. The zero-order valence-corrected chi connectivity index (χ0v) is 9.03. The summed E-state index contributed by atoms with van der Waals surface area (Å²) in [5, 5.41) is 0. The average Bonchev–Trinajstić information content (AvgIpc) is 1.85. The molecular formula is C7H8AgO4S-2. The normalized spacial score (nSPS) is 9.15. The average molecular weight is 296 g/mol. The van der Waals surface area contributed by atoms with Gasteiger partial charge in [0.05, 0.1) is 0 Å². The van der Waals surface area contributed by atoms with Gasteiger partial charge in [0.25, 0.3) is 0 Å². The Bertz CT molecular complexity index is 301. The molecule has 0 N–H and O–H groups in total. The molecule has 1 radical (unpaired) electrons. The summed E-state index contributed by atoms with van der Waals surface area (Å²) in [6, 6.07) is 10.3. The van der Waals surface area contributed by atoms with Crippen LogP contribution in [0.4, 0.5) is 0 Å². The van der Waals surface area contributed by atoms with Gasteiger partial charge in [-0.1, -0.05) is 35.9 Å². The first-order chi connectivity index (χ1) is 5.39. The molecule has 0 saturated heterocycles. The molecule has 79 valence electrons. The first-order valence-corrected chi connectivity index (χ1v) is 4.41. The molecule has 0 aliphatic rings. The van der Waals surface area contributed by atoms with Crippen LogP contribution in [0.3, 0.4) is 0 Å². The molecule has 0 fully saturated rings. The first kappa shape index (κ1) is 15.3. The van der Waals surface area contributed by atoms with Gasteiger partial charge in [-0.2, -0.15) is 0 Å². The van der Waals surface area contributed by atoms with E-state index in [9.17, 15) is 0 Å². The van der Waals surface area contributed by atoms with Gasteiger partial charge in [-0.3, -0.25) is 8.42 Å². The molecule has 6 heteroatoms. The predicted octanol–water partition coefficient (Wildman–Crippen LogP) is 0.655. The van der Waals surface area contributed by atoms with Gasteiger partial charge in [-0.25, -0.2) is 0 Å². The molecule has 0 unspecified atom stereocenters. The molecule has 0 aliphatic carbocycles. The molecule has 0 amide bonds. The van der Waals surface area contributed by atoms with Gasteiger partial charge in [0, 0.05) is 32.8 Å². The van der Waals surface area contributed by atoms with Crippen molar-refractivity contribution in [1.82, 2.24) is 0 Å². The minimum absolute atomic E-state index is 0. The van der Waals surface area contributed by atoms with E-state index in [4.69, 9.17) is 17.5 Å². The molecule has 1 rings (SSSR count). The van der Waals surface area contributed by atoms with Crippen LogP contribution in [-0.4, -0.2) is 17.5 Å². The van der Waals surface area contributed by atoms with Crippen molar-refractivity contribution in [2.45, 2.75) is 6.92 Å². The van der Waals surface area contributed by atoms with Crippen LogP contribution in [0.2, 0.25) is 0 Å². The molecule has 0 saturated carbocycles. The summed E-state index contributed by atoms with van der Waals surface area (Å²) in [5.74, 6) is 0. The van der Waals surface area contributed by atoms with Gasteiger partial charge in [0.1, 0.15) is 0 Å². The van der Waals surface area contributed by atoms with Crippen LogP contribution in [0.25, 0.3) is 0 Å². The maximum Gasteiger partial charge on any atom is 0.0311 e. The van der Waals surface area contributed by atoms with Gasteiger partial charge in [0.2, 0.25) is 0 Å². The van der Waals surface area contributed by atoms with E-state index >= 15 is 0 Å². The van der Waals surface area contributed by atoms with Gasteiger partial charge in [-0.15, -0.1) is 0 Å². The molecule has 1 aromatic carbocycles. The number of benzene rings is 1.